The lowest BCUT2D eigenvalue weighted by Crippen LogP contribution is -2.05. The summed E-state index contributed by atoms with van der Waals surface area (Å²) in [5.74, 6) is -2.00. The van der Waals surface area contributed by atoms with Gasteiger partial charge in [0.15, 0.2) is 0 Å². The molecule has 1 aromatic rings. The van der Waals surface area contributed by atoms with Crippen LogP contribution in [0.3, 0.4) is 0 Å². The SMILES string of the molecule is Cc1[nH]c(C#N)c(CC(=O)O)c1CCC(=O)O. The molecule has 6 heteroatoms. The Kier molecular flexibility index (Phi) is 3.88. The Hall–Kier alpha value is -2.29. The molecule has 1 heterocycles. The van der Waals surface area contributed by atoms with Crippen LogP contribution < -0.4 is 0 Å². The minimum Gasteiger partial charge on any atom is -0.481 e. The predicted molar refractivity (Wildman–Crippen MR) is 57.5 cm³/mol. The summed E-state index contributed by atoms with van der Waals surface area (Å²) < 4.78 is 0. The van der Waals surface area contributed by atoms with Gasteiger partial charge >= 0.3 is 11.9 Å². The van der Waals surface area contributed by atoms with Crippen LogP contribution in [-0.2, 0) is 22.4 Å². The summed E-state index contributed by atoms with van der Waals surface area (Å²) in [5.41, 5.74) is 1.86. The lowest BCUT2D eigenvalue weighted by atomic mass is 10.0. The number of carbonyl (C=O) groups is 2. The molecule has 0 radical (unpaired) electrons. The molecule has 0 saturated heterocycles. The van der Waals surface area contributed by atoms with E-state index in [1.807, 2.05) is 6.07 Å². The Balaban J connectivity index is 3.08. The molecule has 0 amide bonds. The van der Waals surface area contributed by atoms with Gasteiger partial charge in [0.1, 0.15) is 11.8 Å². The number of nitrogens with one attached hydrogen (secondary N) is 1. The molecular weight excluding hydrogens is 224 g/mol. The van der Waals surface area contributed by atoms with Crippen LogP contribution in [0.4, 0.5) is 0 Å². The molecule has 0 saturated carbocycles. The van der Waals surface area contributed by atoms with Crippen molar-refractivity contribution in [3.05, 3.63) is 22.5 Å². The fraction of sp³-hybridized carbons (Fsp3) is 0.364. The number of nitriles is 1. The van der Waals surface area contributed by atoms with Gasteiger partial charge in [0.2, 0.25) is 0 Å². The highest BCUT2D eigenvalue weighted by molar-refractivity contribution is 5.72. The second-order valence-electron chi connectivity index (χ2n) is 3.66. The summed E-state index contributed by atoms with van der Waals surface area (Å²) in [6, 6.07) is 1.88. The molecule has 0 unspecified atom stereocenters. The second kappa shape index (κ2) is 5.16. The molecule has 0 aliphatic carbocycles. The first-order valence-electron chi connectivity index (χ1n) is 4.99. The number of rotatable bonds is 5. The Bertz CT molecular complexity index is 496. The molecule has 6 nitrogen and oxygen atoms in total. The van der Waals surface area contributed by atoms with Crippen LogP contribution in [0.2, 0.25) is 0 Å². The molecule has 0 atom stereocenters. The average Bonchev–Trinajstić information content (AvgIpc) is 2.51. The molecule has 3 N–H and O–H groups in total. The predicted octanol–water partition coefficient (Wildman–Crippen LogP) is 0.839. The van der Waals surface area contributed by atoms with Gasteiger partial charge in [-0.25, -0.2) is 0 Å². The Morgan fingerprint density at radius 2 is 1.94 bits per heavy atom. The summed E-state index contributed by atoms with van der Waals surface area (Å²) in [6.45, 7) is 1.70. The van der Waals surface area contributed by atoms with Crippen LogP contribution in [0.25, 0.3) is 0 Å². The first-order valence-corrected chi connectivity index (χ1v) is 4.99. The highest BCUT2D eigenvalue weighted by atomic mass is 16.4. The fourth-order valence-corrected chi connectivity index (χ4v) is 1.73. The minimum absolute atomic E-state index is 0.0871. The van der Waals surface area contributed by atoms with E-state index in [1.165, 1.54) is 0 Å². The summed E-state index contributed by atoms with van der Waals surface area (Å²) in [7, 11) is 0. The number of aliphatic carboxylic acids is 2. The monoisotopic (exact) mass is 236 g/mol. The highest BCUT2D eigenvalue weighted by Gasteiger charge is 2.17. The van der Waals surface area contributed by atoms with E-state index in [9.17, 15) is 9.59 Å². The van der Waals surface area contributed by atoms with Crippen LogP contribution >= 0.6 is 0 Å². The van der Waals surface area contributed by atoms with E-state index in [2.05, 4.69) is 4.98 Å². The van der Waals surface area contributed by atoms with Crippen molar-refractivity contribution in [2.45, 2.75) is 26.2 Å². The number of hydrogen-bond acceptors (Lipinski definition) is 3. The zero-order chi connectivity index (χ0) is 13.0. The quantitative estimate of drug-likeness (QED) is 0.700. The van der Waals surface area contributed by atoms with Crippen molar-refractivity contribution in [3.8, 4) is 6.07 Å². The van der Waals surface area contributed by atoms with E-state index in [0.717, 1.165) is 0 Å². The van der Waals surface area contributed by atoms with Crippen LogP contribution in [0.15, 0.2) is 0 Å². The third-order valence-electron chi connectivity index (χ3n) is 2.46. The highest BCUT2D eigenvalue weighted by Crippen LogP contribution is 2.20. The molecule has 0 aliphatic heterocycles. The smallest absolute Gasteiger partial charge is 0.307 e. The fourth-order valence-electron chi connectivity index (χ4n) is 1.73. The molecule has 1 aromatic heterocycles. The Labute approximate surface area is 97.5 Å². The van der Waals surface area contributed by atoms with Crippen molar-refractivity contribution < 1.29 is 19.8 Å². The van der Waals surface area contributed by atoms with E-state index in [-0.39, 0.29) is 25.0 Å². The van der Waals surface area contributed by atoms with Crippen LogP contribution in [0, 0.1) is 18.3 Å². The molecule has 17 heavy (non-hydrogen) atoms. The molecule has 0 aliphatic rings. The molecule has 0 aromatic carbocycles. The molecular formula is C11H12N2O4. The lowest BCUT2D eigenvalue weighted by molar-refractivity contribution is -0.137. The third-order valence-corrected chi connectivity index (χ3v) is 2.46. The summed E-state index contributed by atoms with van der Waals surface area (Å²) in [4.78, 5) is 24.0. The van der Waals surface area contributed by atoms with E-state index >= 15 is 0 Å². The van der Waals surface area contributed by atoms with E-state index in [1.54, 1.807) is 6.92 Å². The molecule has 90 valence electrons. The van der Waals surface area contributed by atoms with E-state index in [0.29, 0.717) is 16.8 Å². The van der Waals surface area contributed by atoms with Gasteiger partial charge in [-0.05, 0) is 18.9 Å². The standard InChI is InChI=1S/C11H12N2O4/c1-6-7(2-3-10(14)15)8(4-11(16)17)9(5-12)13-6/h13H,2-4H2,1H3,(H,14,15)(H,16,17). The number of aromatic amines is 1. The van der Waals surface area contributed by atoms with Crippen molar-refractivity contribution in [1.82, 2.24) is 4.98 Å². The van der Waals surface area contributed by atoms with Crippen molar-refractivity contribution in [1.29, 1.82) is 5.26 Å². The van der Waals surface area contributed by atoms with Crippen molar-refractivity contribution in [3.63, 3.8) is 0 Å². The lowest BCUT2D eigenvalue weighted by Gasteiger charge is -2.02. The van der Waals surface area contributed by atoms with Gasteiger partial charge in [0, 0.05) is 17.7 Å². The van der Waals surface area contributed by atoms with Crippen molar-refractivity contribution in [2.24, 2.45) is 0 Å². The van der Waals surface area contributed by atoms with Crippen LogP contribution in [0.1, 0.15) is 28.9 Å². The number of hydrogen-bond donors (Lipinski definition) is 3. The maximum Gasteiger partial charge on any atom is 0.307 e. The number of carboxylic acids is 2. The van der Waals surface area contributed by atoms with E-state index < -0.39 is 11.9 Å². The third kappa shape index (κ3) is 3.08. The van der Waals surface area contributed by atoms with Crippen LogP contribution in [0.5, 0.6) is 0 Å². The zero-order valence-corrected chi connectivity index (χ0v) is 9.28. The van der Waals surface area contributed by atoms with Gasteiger partial charge < -0.3 is 15.2 Å². The van der Waals surface area contributed by atoms with Crippen molar-refractivity contribution in [2.75, 3.05) is 0 Å². The van der Waals surface area contributed by atoms with Gasteiger partial charge in [-0.15, -0.1) is 0 Å². The summed E-state index contributed by atoms with van der Waals surface area (Å²) >= 11 is 0. The number of aromatic nitrogens is 1. The number of aryl methyl sites for hydroxylation is 1. The zero-order valence-electron chi connectivity index (χ0n) is 9.28. The van der Waals surface area contributed by atoms with Gasteiger partial charge in [-0.2, -0.15) is 5.26 Å². The largest absolute Gasteiger partial charge is 0.481 e. The van der Waals surface area contributed by atoms with Gasteiger partial charge in [-0.1, -0.05) is 0 Å². The molecule has 1 rings (SSSR count). The molecule has 0 bridgehead atoms. The summed E-state index contributed by atoms with van der Waals surface area (Å²) in [6.07, 6.45) is -0.139. The minimum atomic E-state index is -1.04. The van der Waals surface area contributed by atoms with Gasteiger partial charge in [0.25, 0.3) is 0 Å². The van der Waals surface area contributed by atoms with Crippen LogP contribution in [-0.4, -0.2) is 27.1 Å². The molecule has 0 spiro atoms. The summed E-state index contributed by atoms with van der Waals surface area (Å²) in [5, 5.41) is 26.2. The first kappa shape index (κ1) is 12.8. The topological polar surface area (TPSA) is 114 Å². The average molecular weight is 236 g/mol. The van der Waals surface area contributed by atoms with Crippen molar-refractivity contribution >= 4 is 11.9 Å². The second-order valence-corrected chi connectivity index (χ2v) is 3.66. The number of nitrogens with zero attached hydrogens (tertiary/aromatic N) is 1. The maximum atomic E-state index is 10.7. The first-order chi connectivity index (χ1) is 7.95. The maximum absolute atomic E-state index is 10.7. The van der Waals surface area contributed by atoms with Gasteiger partial charge in [-0.3, -0.25) is 9.59 Å². The van der Waals surface area contributed by atoms with E-state index in [4.69, 9.17) is 15.5 Å². The number of carboxylic acid groups (broad SMARTS) is 2. The normalized spacial score (nSPS) is 9.88. The Morgan fingerprint density at radius 1 is 1.29 bits per heavy atom. The Morgan fingerprint density at radius 3 is 2.41 bits per heavy atom. The number of H-pyrrole nitrogens is 1. The molecule has 0 fully saturated rings. The van der Waals surface area contributed by atoms with Gasteiger partial charge in [0.05, 0.1) is 6.42 Å².